The Morgan fingerprint density at radius 2 is 2.08 bits per heavy atom. The van der Waals surface area contributed by atoms with E-state index in [2.05, 4.69) is 4.98 Å². The number of carboxylic acids is 1. The zero-order valence-corrected chi connectivity index (χ0v) is 13.6. The molecule has 0 spiro atoms. The van der Waals surface area contributed by atoms with Crippen LogP contribution in [-0.4, -0.2) is 39.5 Å². The van der Waals surface area contributed by atoms with Crippen molar-refractivity contribution in [2.75, 3.05) is 6.54 Å². The van der Waals surface area contributed by atoms with E-state index < -0.39 is 11.9 Å². The lowest BCUT2D eigenvalue weighted by Crippen LogP contribution is -2.39. The van der Waals surface area contributed by atoms with E-state index in [0.717, 1.165) is 12.8 Å². The number of carboxylic acid groups (broad SMARTS) is 1. The first kappa shape index (κ1) is 16.4. The van der Waals surface area contributed by atoms with Crippen LogP contribution in [0.5, 0.6) is 0 Å². The summed E-state index contributed by atoms with van der Waals surface area (Å²) in [4.78, 5) is 30.0. The summed E-state index contributed by atoms with van der Waals surface area (Å²) in [5.41, 5.74) is 1.46. The first-order chi connectivity index (χ1) is 11.4. The van der Waals surface area contributed by atoms with Crippen LogP contribution in [0.15, 0.2) is 24.3 Å². The molecule has 0 bridgehead atoms. The molecular formula is C18H19FN2O3. The fourth-order valence-electron chi connectivity index (χ4n) is 2.76. The molecule has 1 aromatic carbocycles. The molecule has 6 heteroatoms. The van der Waals surface area contributed by atoms with E-state index in [0.29, 0.717) is 22.2 Å². The van der Waals surface area contributed by atoms with Gasteiger partial charge in [0, 0.05) is 24.0 Å². The zero-order valence-electron chi connectivity index (χ0n) is 13.6. The van der Waals surface area contributed by atoms with Gasteiger partial charge in [-0.05, 0) is 38.0 Å². The summed E-state index contributed by atoms with van der Waals surface area (Å²) in [7, 11) is 0. The molecule has 0 radical (unpaired) electrons. The number of benzene rings is 1. The molecule has 1 aromatic heterocycles. The Labute approximate surface area is 139 Å². The molecule has 1 amide bonds. The Kier molecular flexibility index (Phi) is 4.22. The third-order valence-electron chi connectivity index (χ3n) is 4.34. The number of carbonyl (C=O) groups is 2. The largest absolute Gasteiger partial charge is 0.481 e. The SMILES string of the molecule is Cc1nc2cc(F)ccc2cc1C(=O)N(CC(C)C(=O)O)C1CC1. The molecule has 1 atom stereocenters. The van der Waals surface area contributed by atoms with Crippen LogP contribution in [-0.2, 0) is 4.79 Å². The molecule has 1 aliphatic carbocycles. The average molecular weight is 330 g/mol. The smallest absolute Gasteiger partial charge is 0.308 e. The monoisotopic (exact) mass is 330 g/mol. The highest BCUT2D eigenvalue weighted by atomic mass is 19.1. The van der Waals surface area contributed by atoms with Crippen molar-refractivity contribution < 1.29 is 19.1 Å². The normalized spacial score (nSPS) is 15.3. The van der Waals surface area contributed by atoms with Gasteiger partial charge in [0.25, 0.3) is 5.91 Å². The summed E-state index contributed by atoms with van der Waals surface area (Å²) < 4.78 is 13.3. The molecular weight excluding hydrogens is 311 g/mol. The van der Waals surface area contributed by atoms with Crippen LogP contribution in [0.4, 0.5) is 4.39 Å². The fourth-order valence-corrected chi connectivity index (χ4v) is 2.76. The van der Waals surface area contributed by atoms with Gasteiger partial charge in [-0.25, -0.2) is 4.39 Å². The van der Waals surface area contributed by atoms with Crippen molar-refractivity contribution in [1.29, 1.82) is 0 Å². The van der Waals surface area contributed by atoms with Crippen molar-refractivity contribution in [2.45, 2.75) is 32.7 Å². The minimum Gasteiger partial charge on any atom is -0.481 e. The average Bonchev–Trinajstić information content (AvgIpc) is 3.35. The third kappa shape index (κ3) is 3.22. The Bertz CT molecular complexity index is 817. The third-order valence-corrected chi connectivity index (χ3v) is 4.34. The van der Waals surface area contributed by atoms with E-state index in [-0.39, 0.29) is 24.3 Å². The fraction of sp³-hybridized carbons (Fsp3) is 0.389. The van der Waals surface area contributed by atoms with Gasteiger partial charge in [0.05, 0.1) is 22.7 Å². The Balaban J connectivity index is 1.95. The highest BCUT2D eigenvalue weighted by Crippen LogP contribution is 2.30. The van der Waals surface area contributed by atoms with Crippen molar-refractivity contribution >= 4 is 22.8 Å². The number of hydrogen-bond acceptors (Lipinski definition) is 3. The quantitative estimate of drug-likeness (QED) is 0.915. The van der Waals surface area contributed by atoms with Gasteiger partial charge in [-0.3, -0.25) is 14.6 Å². The summed E-state index contributed by atoms with van der Waals surface area (Å²) in [6.07, 6.45) is 1.78. The maximum atomic E-state index is 13.3. The molecule has 126 valence electrons. The highest BCUT2D eigenvalue weighted by Gasteiger charge is 2.35. The number of pyridine rings is 1. The van der Waals surface area contributed by atoms with Gasteiger partial charge >= 0.3 is 5.97 Å². The molecule has 5 nitrogen and oxygen atoms in total. The maximum Gasteiger partial charge on any atom is 0.308 e. The van der Waals surface area contributed by atoms with Crippen molar-refractivity contribution in [3.8, 4) is 0 Å². The van der Waals surface area contributed by atoms with Crippen LogP contribution in [0.1, 0.15) is 35.8 Å². The number of fused-ring (bicyclic) bond motifs is 1. The first-order valence-corrected chi connectivity index (χ1v) is 7.97. The zero-order chi connectivity index (χ0) is 17.4. The number of hydrogen-bond donors (Lipinski definition) is 1. The maximum absolute atomic E-state index is 13.3. The molecule has 1 heterocycles. The van der Waals surface area contributed by atoms with Gasteiger partial charge in [0.15, 0.2) is 0 Å². The lowest BCUT2D eigenvalue weighted by atomic mass is 10.1. The number of aryl methyl sites for hydroxylation is 1. The van der Waals surface area contributed by atoms with Crippen LogP contribution in [0.3, 0.4) is 0 Å². The molecule has 1 N–H and O–H groups in total. The summed E-state index contributed by atoms with van der Waals surface area (Å²) in [5.74, 6) is -2.13. The summed E-state index contributed by atoms with van der Waals surface area (Å²) >= 11 is 0. The van der Waals surface area contributed by atoms with E-state index in [4.69, 9.17) is 5.11 Å². The van der Waals surface area contributed by atoms with Crippen molar-refractivity contribution in [3.63, 3.8) is 0 Å². The standard InChI is InChI=1S/C18H19FN2O3/c1-10(18(23)24)9-21(14-5-6-14)17(22)15-7-12-3-4-13(19)8-16(12)20-11(15)2/h3-4,7-8,10,14H,5-6,9H2,1-2H3,(H,23,24). The van der Waals surface area contributed by atoms with E-state index in [1.807, 2.05) is 0 Å². The number of aromatic nitrogens is 1. The van der Waals surface area contributed by atoms with Gasteiger partial charge in [0.1, 0.15) is 5.82 Å². The second-order valence-corrected chi connectivity index (χ2v) is 6.39. The number of nitrogens with zero attached hydrogens (tertiary/aromatic N) is 2. The number of rotatable bonds is 5. The lowest BCUT2D eigenvalue weighted by Gasteiger charge is -2.25. The number of aliphatic carboxylic acids is 1. The van der Waals surface area contributed by atoms with Crippen LogP contribution in [0.2, 0.25) is 0 Å². The Morgan fingerprint density at radius 1 is 1.38 bits per heavy atom. The van der Waals surface area contributed by atoms with E-state index in [9.17, 15) is 14.0 Å². The number of amides is 1. The molecule has 2 aromatic rings. The Morgan fingerprint density at radius 3 is 2.71 bits per heavy atom. The first-order valence-electron chi connectivity index (χ1n) is 7.97. The van der Waals surface area contributed by atoms with Gasteiger partial charge < -0.3 is 10.0 Å². The molecule has 24 heavy (non-hydrogen) atoms. The van der Waals surface area contributed by atoms with Crippen LogP contribution in [0, 0.1) is 18.7 Å². The van der Waals surface area contributed by atoms with Gasteiger partial charge in [-0.2, -0.15) is 0 Å². The van der Waals surface area contributed by atoms with Crippen molar-refractivity contribution in [3.05, 3.63) is 41.3 Å². The molecule has 1 saturated carbocycles. The summed E-state index contributed by atoms with van der Waals surface area (Å²) in [6.45, 7) is 3.49. The topological polar surface area (TPSA) is 70.5 Å². The predicted octanol–water partition coefficient (Wildman–Crippen LogP) is 3.01. The number of carbonyl (C=O) groups excluding carboxylic acids is 1. The minimum absolute atomic E-state index is 0.0996. The summed E-state index contributed by atoms with van der Waals surface area (Å²) in [6, 6.07) is 6.07. The summed E-state index contributed by atoms with van der Waals surface area (Å²) in [5, 5.41) is 9.81. The number of halogens is 1. The minimum atomic E-state index is -0.919. The van der Waals surface area contributed by atoms with Crippen LogP contribution >= 0.6 is 0 Å². The molecule has 0 aliphatic heterocycles. The van der Waals surface area contributed by atoms with Gasteiger partial charge in [-0.15, -0.1) is 0 Å². The Hall–Kier alpha value is -2.50. The molecule has 0 saturated heterocycles. The second-order valence-electron chi connectivity index (χ2n) is 6.39. The van der Waals surface area contributed by atoms with E-state index in [1.54, 1.807) is 30.9 Å². The molecule has 1 fully saturated rings. The lowest BCUT2D eigenvalue weighted by molar-refractivity contribution is -0.141. The molecule has 1 unspecified atom stereocenters. The van der Waals surface area contributed by atoms with Gasteiger partial charge in [-0.1, -0.05) is 6.92 Å². The van der Waals surface area contributed by atoms with Crippen molar-refractivity contribution in [1.82, 2.24) is 9.88 Å². The highest BCUT2D eigenvalue weighted by molar-refractivity contribution is 5.99. The molecule has 3 rings (SSSR count). The van der Waals surface area contributed by atoms with Crippen molar-refractivity contribution in [2.24, 2.45) is 5.92 Å². The van der Waals surface area contributed by atoms with E-state index in [1.165, 1.54) is 12.1 Å². The molecule has 1 aliphatic rings. The van der Waals surface area contributed by atoms with Crippen LogP contribution < -0.4 is 0 Å². The van der Waals surface area contributed by atoms with Gasteiger partial charge in [0.2, 0.25) is 0 Å². The van der Waals surface area contributed by atoms with Crippen LogP contribution in [0.25, 0.3) is 10.9 Å². The van der Waals surface area contributed by atoms with E-state index >= 15 is 0 Å². The second kappa shape index (κ2) is 6.19. The predicted molar refractivity (Wildman–Crippen MR) is 87.3 cm³/mol.